The molecule has 0 radical (unpaired) electrons. The lowest BCUT2D eigenvalue weighted by Gasteiger charge is -2.29. The van der Waals surface area contributed by atoms with Gasteiger partial charge in [0.15, 0.2) is 0 Å². The van der Waals surface area contributed by atoms with E-state index in [2.05, 4.69) is 10.6 Å². The van der Waals surface area contributed by atoms with Crippen molar-refractivity contribution >= 4 is 40.4 Å². The number of anilines is 2. The summed E-state index contributed by atoms with van der Waals surface area (Å²) in [6, 6.07) is 12.6. The largest absolute Gasteiger partial charge is 0.387 e. The van der Waals surface area contributed by atoms with Crippen molar-refractivity contribution in [2.75, 3.05) is 23.3 Å². The molecule has 0 aliphatic carbocycles. The molecule has 2 aromatic heterocycles. The average Bonchev–Trinajstić information content (AvgIpc) is 3.50. The van der Waals surface area contributed by atoms with Gasteiger partial charge < -0.3 is 25.2 Å². The highest BCUT2D eigenvalue weighted by molar-refractivity contribution is 7.12. The summed E-state index contributed by atoms with van der Waals surface area (Å²) in [4.78, 5) is 39.8. The van der Waals surface area contributed by atoms with Gasteiger partial charge in [0.1, 0.15) is 0 Å². The molecule has 0 spiro atoms. The monoisotopic (exact) mass is 466 g/mol. The van der Waals surface area contributed by atoms with E-state index < -0.39 is 17.9 Å². The van der Waals surface area contributed by atoms with Crippen LogP contribution < -0.4 is 15.5 Å². The molecule has 1 atom stereocenters. The smallest absolute Gasteiger partial charge is 0.313 e. The fourth-order valence-electron chi connectivity index (χ4n) is 3.98. The zero-order chi connectivity index (χ0) is 23.4. The number of nitrogens with zero attached hydrogens (tertiary/aromatic N) is 2. The van der Waals surface area contributed by atoms with Crippen LogP contribution in [0.15, 0.2) is 54.0 Å². The van der Waals surface area contributed by atoms with E-state index >= 15 is 0 Å². The van der Waals surface area contributed by atoms with E-state index in [-0.39, 0.29) is 12.5 Å². The molecular formula is C24H26N4O4S. The number of aliphatic hydroxyl groups is 1. The minimum Gasteiger partial charge on any atom is -0.387 e. The average molecular weight is 467 g/mol. The Morgan fingerprint density at radius 3 is 2.73 bits per heavy atom. The number of aliphatic hydroxyl groups excluding tert-OH is 1. The van der Waals surface area contributed by atoms with Gasteiger partial charge in [-0.2, -0.15) is 0 Å². The Morgan fingerprint density at radius 2 is 2.00 bits per heavy atom. The Morgan fingerprint density at radius 1 is 1.15 bits per heavy atom. The Kier molecular flexibility index (Phi) is 6.90. The van der Waals surface area contributed by atoms with Crippen LogP contribution in [0.1, 0.15) is 39.9 Å². The molecule has 0 fully saturated rings. The topological polar surface area (TPSA) is 104 Å². The van der Waals surface area contributed by atoms with Gasteiger partial charge in [-0.3, -0.25) is 14.4 Å². The van der Waals surface area contributed by atoms with E-state index in [1.165, 1.54) is 11.3 Å². The van der Waals surface area contributed by atoms with Crippen LogP contribution in [0.5, 0.6) is 0 Å². The predicted octanol–water partition coefficient (Wildman–Crippen LogP) is 2.86. The first-order chi connectivity index (χ1) is 15.9. The third kappa shape index (κ3) is 5.15. The molecule has 33 heavy (non-hydrogen) atoms. The van der Waals surface area contributed by atoms with Crippen molar-refractivity contribution in [3.8, 4) is 0 Å². The fraction of sp³-hybridized carbons (Fsp3) is 0.292. The first kappa shape index (κ1) is 22.8. The van der Waals surface area contributed by atoms with Crippen molar-refractivity contribution in [1.29, 1.82) is 0 Å². The maximum absolute atomic E-state index is 12.8. The Labute approximate surface area is 195 Å². The normalized spacial score (nSPS) is 13.8. The van der Waals surface area contributed by atoms with Crippen LogP contribution in [0.3, 0.4) is 0 Å². The second kappa shape index (κ2) is 10.0. The molecule has 9 heteroatoms. The molecule has 3 amide bonds. The lowest BCUT2D eigenvalue weighted by atomic mass is 10.0. The summed E-state index contributed by atoms with van der Waals surface area (Å²) in [5.41, 5.74) is 3.03. The van der Waals surface area contributed by atoms with Crippen LogP contribution >= 0.6 is 11.3 Å². The number of aromatic nitrogens is 1. The highest BCUT2D eigenvalue weighted by atomic mass is 32.1. The fourth-order valence-corrected chi connectivity index (χ4v) is 4.65. The number of aryl methyl sites for hydroxylation is 2. The number of carbonyl (C=O) groups excluding carboxylic acids is 3. The second-order valence-electron chi connectivity index (χ2n) is 7.94. The molecule has 1 unspecified atom stereocenters. The number of hydrogen-bond acceptors (Lipinski definition) is 5. The first-order valence-corrected chi connectivity index (χ1v) is 11.7. The highest BCUT2D eigenvalue weighted by Gasteiger charge is 2.25. The molecule has 1 aromatic carbocycles. The molecule has 8 nitrogen and oxygen atoms in total. The van der Waals surface area contributed by atoms with Gasteiger partial charge in [0.25, 0.3) is 5.91 Å². The van der Waals surface area contributed by atoms with E-state index in [1.807, 2.05) is 59.6 Å². The summed E-state index contributed by atoms with van der Waals surface area (Å²) in [5.74, 6) is -1.56. The van der Waals surface area contributed by atoms with Gasteiger partial charge in [-0.1, -0.05) is 6.07 Å². The minimum absolute atomic E-state index is 0.0281. The van der Waals surface area contributed by atoms with Crippen LogP contribution in [0.25, 0.3) is 0 Å². The minimum atomic E-state index is -0.773. The van der Waals surface area contributed by atoms with E-state index in [4.69, 9.17) is 0 Å². The lowest BCUT2D eigenvalue weighted by molar-refractivity contribution is -0.136. The molecule has 172 valence electrons. The summed E-state index contributed by atoms with van der Waals surface area (Å²) in [6.07, 6.45) is 3.01. The molecule has 1 aliphatic rings. The zero-order valence-electron chi connectivity index (χ0n) is 18.3. The van der Waals surface area contributed by atoms with E-state index in [0.29, 0.717) is 23.5 Å². The first-order valence-electron chi connectivity index (χ1n) is 10.8. The van der Waals surface area contributed by atoms with Gasteiger partial charge in [0, 0.05) is 43.4 Å². The van der Waals surface area contributed by atoms with Gasteiger partial charge in [0.05, 0.1) is 11.0 Å². The third-order valence-electron chi connectivity index (χ3n) is 5.67. The number of rotatable bonds is 6. The van der Waals surface area contributed by atoms with Gasteiger partial charge in [-0.25, -0.2) is 0 Å². The molecule has 0 bridgehead atoms. The van der Waals surface area contributed by atoms with Crippen LogP contribution in [-0.4, -0.2) is 40.5 Å². The zero-order valence-corrected chi connectivity index (χ0v) is 19.1. The molecule has 3 aromatic rings. The summed E-state index contributed by atoms with van der Waals surface area (Å²) in [6.45, 7) is 0.815. The van der Waals surface area contributed by atoms with Crippen LogP contribution in [-0.2, 0) is 23.1 Å². The van der Waals surface area contributed by atoms with E-state index in [9.17, 15) is 19.5 Å². The van der Waals surface area contributed by atoms with Gasteiger partial charge in [-0.15, -0.1) is 11.3 Å². The molecule has 3 heterocycles. The van der Waals surface area contributed by atoms with E-state index in [1.54, 1.807) is 11.0 Å². The number of thiophene rings is 1. The predicted molar refractivity (Wildman–Crippen MR) is 127 cm³/mol. The number of amides is 3. The highest BCUT2D eigenvalue weighted by Crippen LogP contribution is 2.31. The Bertz CT molecular complexity index is 1160. The number of nitrogens with one attached hydrogen (secondary N) is 2. The molecule has 0 saturated carbocycles. The van der Waals surface area contributed by atoms with Crippen molar-refractivity contribution in [2.24, 2.45) is 7.05 Å². The maximum atomic E-state index is 12.8. The number of hydrogen-bond donors (Lipinski definition) is 3. The molecule has 4 rings (SSSR count). The molecule has 3 N–H and O–H groups in total. The number of benzene rings is 1. The summed E-state index contributed by atoms with van der Waals surface area (Å²) < 4.78 is 1.81. The Hall–Kier alpha value is -3.43. The van der Waals surface area contributed by atoms with Crippen LogP contribution in [0, 0.1) is 0 Å². The summed E-state index contributed by atoms with van der Waals surface area (Å²) in [5, 5.41) is 17.3. The second-order valence-corrected chi connectivity index (χ2v) is 8.89. The SMILES string of the molecule is Cn1cccc1C(O)CCNC(=O)C(=O)Nc1ccc2c(c1)CCCN2C(=O)c1cccs1. The van der Waals surface area contributed by atoms with Crippen molar-refractivity contribution in [3.63, 3.8) is 0 Å². The quantitative estimate of drug-likeness (QED) is 0.486. The Balaban J connectivity index is 1.33. The summed E-state index contributed by atoms with van der Waals surface area (Å²) in [7, 11) is 1.83. The summed E-state index contributed by atoms with van der Waals surface area (Å²) >= 11 is 1.41. The molecular weight excluding hydrogens is 440 g/mol. The van der Waals surface area contributed by atoms with Crippen molar-refractivity contribution in [3.05, 3.63) is 70.2 Å². The van der Waals surface area contributed by atoms with Gasteiger partial charge in [0.2, 0.25) is 0 Å². The third-order valence-corrected chi connectivity index (χ3v) is 6.53. The molecule has 0 saturated heterocycles. The lowest BCUT2D eigenvalue weighted by Crippen LogP contribution is -2.37. The van der Waals surface area contributed by atoms with Gasteiger partial charge in [-0.05, 0) is 66.6 Å². The van der Waals surface area contributed by atoms with E-state index in [0.717, 1.165) is 29.8 Å². The number of fused-ring (bicyclic) bond motifs is 1. The van der Waals surface area contributed by atoms with Crippen molar-refractivity contribution in [1.82, 2.24) is 9.88 Å². The van der Waals surface area contributed by atoms with Crippen molar-refractivity contribution < 1.29 is 19.5 Å². The van der Waals surface area contributed by atoms with Crippen LogP contribution in [0.2, 0.25) is 0 Å². The molecule has 1 aliphatic heterocycles. The standard InChI is InChI=1S/C24H26N4O4S/c1-27-12-3-6-19(27)20(29)10-11-25-22(30)23(31)26-17-8-9-18-16(15-17)5-2-13-28(18)24(32)21-7-4-14-33-21/h3-4,6-9,12,14-15,20,29H,2,5,10-11,13H2,1H3,(H,25,30)(H,26,31). The number of carbonyl (C=O) groups is 3. The van der Waals surface area contributed by atoms with Gasteiger partial charge >= 0.3 is 11.8 Å². The van der Waals surface area contributed by atoms with Crippen molar-refractivity contribution in [2.45, 2.75) is 25.4 Å². The maximum Gasteiger partial charge on any atom is 0.313 e. The van der Waals surface area contributed by atoms with Crippen LogP contribution in [0.4, 0.5) is 11.4 Å².